The predicted octanol–water partition coefficient (Wildman–Crippen LogP) is 7.76. The van der Waals surface area contributed by atoms with Gasteiger partial charge in [-0.2, -0.15) is 39.5 Å². The van der Waals surface area contributed by atoms with Gasteiger partial charge in [0.05, 0.1) is 0 Å². The molecule has 0 radical (unpaired) electrons. The first-order valence-electron chi connectivity index (χ1n) is 11.6. The molecule has 1 rings (SSSR count). The number of ether oxygens (including phenoxy) is 1. The molecule has 0 aromatic carbocycles. The average Bonchev–Trinajstić information content (AvgIpc) is 2.69. The van der Waals surface area contributed by atoms with Crippen molar-refractivity contribution in [3.8, 4) is 0 Å². The first kappa shape index (κ1) is 31.8. The summed E-state index contributed by atoms with van der Waals surface area (Å²) in [7, 11) is 0. The maximum absolute atomic E-state index is 14.6. The van der Waals surface area contributed by atoms with Gasteiger partial charge < -0.3 is 9.84 Å². The molecule has 0 aromatic heterocycles. The molecule has 12 heteroatoms. The Hall–Kier alpha value is -1.20. The molecule has 0 amide bonds. The highest BCUT2D eigenvalue weighted by molar-refractivity contribution is 5.79. The summed E-state index contributed by atoms with van der Waals surface area (Å²) in [5.74, 6) is -3.85. The summed E-state index contributed by atoms with van der Waals surface area (Å²) in [5.41, 5.74) is -10.4. The zero-order valence-corrected chi connectivity index (χ0v) is 20.8. The Bertz CT molecular complexity index is 716. The Morgan fingerprint density at radius 1 is 0.771 bits per heavy atom. The van der Waals surface area contributed by atoms with Gasteiger partial charge in [0, 0.05) is 5.92 Å². The maximum atomic E-state index is 14.6. The molecule has 208 valence electrons. The summed E-state index contributed by atoms with van der Waals surface area (Å²) >= 11 is 0. The number of carbonyl (C=O) groups excluding carboxylic acids is 1. The number of rotatable bonds is 8. The van der Waals surface area contributed by atoms with Gasteiger partial charge in [-0.3, -0.25) is 4.79 Å². The van der Waals surface area contributed by atoms with Crippen LogP contribution in [-0.4, -0.2) is 41.3 Å². The number of hydrogen-bond acceptors (Lipinski definition) is 3. The van der Waals surface area contributed by atoms with Gasteiger partial charge in [-0.05, 0) is 49.4 Å². The van der Waals surface area contributed by atoms with E-state index in [0.717, 1.165) is 0 Å². The minimum Gasteiger partial charge on any atom is -0.462 e. The van der Waals surface area contributed by atoms with Gasteiger partial charge >= 0.3 is 24.5 Å². The third-order valence-corrected chi connectivity index (χ3v) is 7.98. The maximum Gasteiger partial charge on any atom is 0.426 e. The first-order chi connectivity index (χ1) is 15.4. The molecule has 35 heavy (non-hydrogen) atoms. The lowest BCUT2D eigenvalue weighted by atomic mass is 9.57. The fourth-order valence-electron chi connectivity index (χ4n) is 4.81. The van der Waals surface area contributed by atoms with Crippen molar-refractivity contribution in [2.24, 2.45) is 22.2 Å². The minimum absolute atomic E-state index is 0.0433. The van der Waals surface area contributed by atoms with Crippen LogP contribution < -0.4 is 0 Å². The van der Waals surface area contributed by atoms with Gasteiger partial charge in [-0.15, -0.1) is 0 Å². The van der Waals surface area contributed by atoms with Gasteiger partial charge in [0.1, 0.15) is 6.10 Å². The number of esters is 1. The monoisotopic (exact) mass is 530 g/mol. The topological polar surface area (TPSA) is 46.5 Å². The molecule has 0 aromatic rings. The molecule has 0 aliphatic heterocycles. The van der Waals surface area contributed by atoms with E-state index in [1.54, 1.807) is 20.8 Å². The average molecular weight is 531 g/mol. The summed E-state index contributed by atoms with van der Waals surface area (Å²) in [6.07, 6.45) is -21.4. The second-order valence-electron chi connectivity index (χ2n) is 11.0. The molecule has 1 fully saturated rings. The van der Waals surface area contributed by atoms with Gasteiger partial charge in [0.15, 0.2) is 5.41 Å². The van der Waals surface area contributed by atoms with Crippen LogP contribution in [0.3, 0.4) is 0 Å². The molecule has 0 bridgehead atoms. The van der Waals surface area contributed by atoms with E-state index in [0.29, 0.717) is 6.42 Å². The highest BCUT2D eigenvalue weighted by Gasteiger charge is 2.74. The zero-order valence-electron chi connectivity index (χ0n) is 20.8. The summed E-state index contributed by atoms with van der Waals surface area (Å²) in [4.78, 5) is 13.2. The Balaban J connectivity index is 3.27. The van der Waals surface area contributed by atoms with Crippen LogP contribution in [0.1, 0.15) is 86.5 Å². The van der Waals surface area contributed by atoms with Crippen molar-refractivity contribution in [3.05, 3.63) is 0 Å². The number of carbonyl (C=O) groups is 1. The first-order valence-corrected chi connectivity index (χ1v) is 11.6. The fourth-order valence-corrected chi connectivity index (χ4v) is 4.81. The van der Waals surface area contributed by atoms with Crippen molar-refractivity contribution in [2.75, 3.05) is 0 Å². The molecule has 1 unspecified atom stereocenters. The smallest absolute Gasteiger partial charge is 0.426 e. The second-order valence-corrected chi connectivity index (χ2v) is 11.0. The Labute approximate surface area is 199 Å². The standard InChI is InChI=1S/C23H35F9O3/c1-7-17(3,4)13-19(21(24,25)26,18(5,6)8-2)16(33)35-15-11-9-14(10-12-15)20(34,22(27,28)29)23(30,31)32/h14-15,34H,7-13H2,1-6H3. The van der Waals surface area contributed by atoms with Crippen LogP contribution in [0.4, 0.5) is 39.5 Å². The van der Waals surface area contributed by atoms with Crippen molar-refractivity contribution >= 4 is 5.97 Å². The van der Waals surface area contributed by atoms with Crippen molar-refractivity contribution in [3.63, 3.8) is 0 Å². The van der Waals surface area contributed by atoms with E-state index in [2.05, 4.69) is 0 Å². The van der Waals surface area contributed by atoms with Crippen LogP contribution in [0.2, 0.25) is 0 Å². The van der Waals surface area contributed by atoms with Gasteiger partial charge in [-0.25, -0.2) is 0 Å². The Morgan fingerprint density at radius 2 is 1.20 bits per heavy atom. The van der Waals surface area contributed by atoms with E-state index < -0.39 is 90.5 Å². The summed E-state index contributed by atoms with van der Waals surface area (Å²) in [6, 6.07) is 0. The normalized spacial score (nSPS) is 23.1. The molecule has 3 nitrogen and oxygen atoms in total. The van der Waals surface area contributed by atoms with Crippen LogP contribution in [0.25, 0.3) is 0 Å². The minimum atomic E-state index is -6.00. The highest BCUT2D eigenvalue weighted by atomic mass is 19.4. The third-order valence-electron chi connectivity index (χ3n) is 7.98. The Kier molecular flexibility index (Phi) is 9.03. The van der Waals surface area contributed by atoms with E-state index in [4.69, 9.17) is 4.74 Å². The van der Waals surface area contributed by atoms with E-state index in [9.17, 15) is 49.4 Å². The van der Waals surface area contributed by atoms with Crippen molar-refractivity contribution < 1.29 is 54.2 Å². The molecular formula is C23H35F9O3. The van der Waals surface area contributed by atoms with Crippen molar-refractivity contribution in [2.45, 2.75) is 117 Å². The number of hydrogen-bond donors (Lipinski definition) is 1. The SMILES string of the molecule is CCC(C)(C)CC(C(=O)OC1CCC(C(O)(C(F)(F)F)C(F)(F)F)CC1)(C(F)(F)F)C(C)(C)CC. The molecule has 0 spiro atoms. The second kappa shape index (κ2) is 9.93. The summed E-state index contributed by atoms with van der Waals surface area (Å²) in [6.45, 7) is 8.90. The molecule has 1 aliphatic rings. The number of alkyl halides is 9. The molecule has 0 saturated heterocycles. The van der Waals surface area contributed by atoms with Crippen LogP contribution in [0.5, 0.6) is 0 Å². The molecular weight excluding hydrogens is 495 g/mol. The molecule has 1 N–H and O–H groups in total. The van der Waals surface area contributed by atoms with E-state index in [1.807, 2.05) is 0 Å². The van der Waals surface area contributed by atoms with Gasteiger partial charge in [0.2, 0.25) is 0 Å². The lowest BCUT2D eigenvalue weighted by molar-refractivity contribution is -0.387. The molecule has 1 aliphatic carbocycles. The highest BCUT2D eigenvalue weighted by Crippen LogP contribution is 2.60. The molecule has 1 atom stereocenters. The van der Waals surface area contributed by atoms with Crippen LogP contribution in [0, 0.1) is 22.2 Å². The van der Waals surface area contributed by atoms with Crippen LogP contribution in [-0.2, 0) is 9.53 Å². The number of halogens is 9. The van der Waals surface area contributed by atoms with E-state index >= 15 is 0 Å². The van der Waals surface area contributed by atoms with Crippen molar-refractivity contribution in [1.29, 1.82) is 0 Å². The van der Waals surface area contributed by atoms with Crippen LogP contribution in [0.15, 0.2) is 0 Å². The molecule has 1 saturated carbocycles. The van der Waals surface area contributed by atoms with Gasteiger partial charge in [0.25, 0.3) is 5.60 Å². The lowest BCUT2D eigenvalue weighted by Crippen LogP contribution is -2.62. The van der Waals surface area contributed by atoms with Crippen LogP contribution >= 0.6 is 0 Å². The predicted molar refractivity (Wildman–Crippen MR) is 110 cm³/mol. The number of aliphatic hydroxyl groups is 1. The third kappa shape index (κ3) is 5.87. The Morgan fingerprint density at radius 3 is 1.51 bits per heavy atom. The molecule has 0 heterocycles. The summed E-state index contributed by atoms with van der Waals surface area (Å²) < 4.78 is 128. The quantitative estimate of drug-likeness (QED) is 0.258. The summed E-state index contributed by atoms with van der Waals surface area (Å²) in [5, 5.41) is 9.60. The largest absolute Gasteiger partial charge is 0.462 e. The van der Waals surface area contributed by atoms with Gasteiger partial charge in [-0.1, -0.05) is 48.0 Å². The zero-order chi connectivity index (χ0) is 27.9. The van der Waals surface area contributed by atoms with Crippen molar-refractivity contribution in [1.82, 2.24) is 0 Å². The van der Waals surface area contributed by atoms with E-state index in [1.165, 1.54) is 20.8 Å². The lowest BCUT2D eigenvalue weighted by Gasteiger charge is -2.49. The van der Waals surface area contributed by atoms with E-state index in [-0.39, 0.29) is 6.42 Å². The fraction of sp³-hybridized carbons (Fsp3) is 0.957.